The summed E-state index contributed by atoms with van der Waals surface area (Å²) < 4.78 is 0. The van der Waals surface area contributed by atoms with Crippen molar-refractivity contribution in [2.75, 3.05) is 17.7 Å². The molecule has 0 aromatic heterocycles. The summed E-state index contributed by atoms with van der Waals surface area (Å²) in [6, 6.07) is 7.15. The molecule has 0 spiro atoms. The van der Waals surface area contributed by atoms with Crippen LogP contribution in [0, 0.1) is 11.3 Å². The summed E-state index contributed by atoms with van der Waals surface area (Å²) >= 11 is 0. The third-order valence-corrected chi connectivity index (χ3v) is 2.05. The highest BCUT2D eigenvalue weighted by Gasteiger charge is 2.15. The lowest BCUT2D eigenvalue weighted by Gasteiger charge is -2.25. The van der Waals surface area contributed by atoms with Crippen LogP contribution in [0.2, 0.25) is 0 Å². The molecule has 0 aliphatic heterocycles. The van der Waals surface area contributed by atoms with Gasteiger partial charge in [-0.05, 0) is 32.0 Å². The molecule has 0 aliphatic carbocycles. The molecule has 80 valence electrons. The zero-order valence-electron chi connectivity index (χ0n) is 8.91. The number of nitrogen functional groups attached to an aromatic ring is 1. The van der Waals surface area contributed by atoms with Crippen molar-refractivity contribution in [1.82, 2.24) is 0 Å². The van der Waals surface area contributed by atoms with E-state index in [2.05, 4.69) is 5.32 Å². The molecule has 0 radical (unpaired) electrons. The van der Waals surface area contributed by atoms with E-state index in [4.69, 9.17) is 16.1 Å². The smallest absolute Gasteiger partial charge is 0.101 e. The molecule has 1 rings (SSSR count). The normalized spacial score (nSPS) is 10.8. The van der Waals surface area contributed by atoms with E-state index in [1.54, 1.807) is 18.2 Å². The van der Waals surface area contributed by atoms with Gasteiger partial charge in [-0.1, -0.05) is 0 Å². The minimum Gasteiger partial charge on any atom is -0.398 e. The summed E-state index contributed by atoms with van der Waals surface area (Å²) in [5, 5.41) is 21.0. The van der Waals surface area contributed by atoms with Gasteiger partial charge in [0.2, 0.25) is 0 Å². The Bertz CT molecular complexity index is 393. The number of hydrogen-bond donors (Lipinski definition) is 3. The van der Waals surface area contributed by atoms with Gasteiger partial charge in [0.05, 0.1) is 17.7 Å². The lowest BCUT2D eigenvalue weighted by molar-refractivity contribution is 0.234. The van der Waals surface area contributed by atoms with Crippen molar-refractivity contribution >= 4 is 11.4 Å². The number of rotatable bonds is 3. The number of benzene rings is 1. The lowest BCUT2D eigenvalue weighted by atomic mass is 10.1. The van der Waals surface area contributed by atoms with E-state index in [-0.39, 0.29) is 6.61 Å². The van der Waals surface area contributed by atoms with Gasteiger partial charge in [-0.15, -0.1) is 0 Å². The van der Waals surface area contributed by atoms with Crippen molar-refractivity contribution in [2.45, 2.75) is 19.4 Å². The van der Waals surface area contributed by atoms with Crippen LogP contribution in [-0.4, -0.2) is 17.3 Å². The highest BCUT2D eigenvalue weighted by molar-refractivity contribution is 5.62. The fourth-order valence-electron chi connectivity index (χ4n) is 1.16. The second-order valence-electron chi connectivity index (χ2n) is 4.08. The van der Waals surface area contributed by atoms with E-state index in [9.17, 15) is 0 Å². The fourth-order valence-corrected chi connectivity index (χ4v) is 1.16. The van der Waals surface area contributed by atoms with Gasteiger partial charge in [0.25, 0.3) is 0 Å². The first-order valence-electron chi connectivity index (χ1n) is 4.67. The lowest BCUT2D eigenvalue weighted by Crippen LogP contribution is -2.34. The first-order chi connectivity index (χ1) is 6.98. The molecule has 1 aromatic carbocycles. The van der Waals surface area contributed by atoms with E-state index >= 15 is 0 Å². The number of aliphatic hydroxyl groups is 1. The molecule has 0 heterocycles. The monoisotopic (exact) mass is 205 g/mol. The van der Waals surface area contributed by atoms with Crippen molar-refractivity contribution in [1.29, 1.82) is 5.26 Å². The van der Waals surface area contributed by atoms with Crippen LogP contribution in [0.1, 0.15) is 19.4 Å². The van der Waals surface area contributed by atoms with Gasteiger partial charge in [0.1, 0.15) is 6.07 Å². The minimum atomic E-state index is -0.414. The Hall–Kier alpha value is -1.73. The predicted octanol–water partition coefficient (Wildman–Crippen LogP) is 1.32. The molecule has 0 saturated carbocycles. The zero-order valence-corrected chi connectivity index (χ0v) is 8.91. The van der Waals surface area contributed by atoms with Crippen molar-refractivity contribution < 1.29 is 5.11 Å². The molecule has 0 fully saturated rings. The van der Waals surface area contributed by atoms with Crippen molar-refractivity contribution in [3.63, 3.8) is 0 Å². The largest absolute Gasteiger partial charge is 0.398 e. The minimum absolute atomic E-state index is 0.0132. The van der Waals surface area contributed by atoms with Gasteiger partial charge in [-0.2, -0.15) is 5.26 Å². The van der Waals surface area contributed by atoms with Crippen LogP contribution < -0.4 is 11.1 Å². The first-order valence-corrected chi connectivity index (χ1v) is 4.67. The molecule has 0 bridgehead atoms. The van der Waals surface area contributed by atoms with Gasteiger partial charge in [-0.3, -0.25) is 0 Å². The van der Waals surface area contributed by atoms with Crippen LogP contribution in [0.15, 0.2) is 18.2 Å². The van der Waals surface area contributed by atoms with Crippen molar-refractivity contribution in [3.05, 3.63) is 23.8 Å². The molecule has 0 aliphatic rings. The van der Waals surface area contributed by atoms with Gasteiger partial charge >= 0.3 is 0 Å². The second-order valence-corrected chi connectivity index (χ2v) is 4.08. The summed E-state index contributed by atoms with van der Waals surface area (Å²) in [5.41, 5.74) is 6.86. The first kappa shape index (κ1) is 11.3. The van der Waals surface area contributed by atoms with Gasteiger partial charge in [-0.25, -0.2) is 0 Å². The highest BCUT2D eigenvalue weighted by atomic mass is 16.3. The Kier molecular flexibility index (Phi) is 3.17. The molecule has 4 N–H and O–H groups in total. The van der Waals surface area contributed by atoms with E-state index in [0.29, 0.717) is 11.3 Å². The average Bonchev–Trinajstić information content (AvgIpc) is 2.20. The number of aliphatic hydroxyl groups excluding tert-OH is 1. The third-order valence-electron chi connectivity index (χ3n) is 2.05. The molecule has 4 heteroatoms. The second kappa shape index (κ2) is 4.20. The number of nitriles is 1. The van der Waals surface area contributed by atoms with Crippen LogP contribution in [-0.2, 0) is 0 Å². The highest BCUT2D eigenvalue weighted by Crippen LogP contribution is 2.20. The molecule has 4 nitrogen and oxygen atoms in total. The molecular formula is C11H15N3O. The number of nitrogens with two attached hydrogens (primary N) is 1. The number of nitrogens with zero attached hydrogens (tertiary/aromatic N) is 1. The Balaban J connectivity index is 2.94. The topological polar surface area (TPSA) is 82.1 Å². The Morgan fingerprint density at radius 1 is 1.53 bits per heavy atom. The van der Waals surface area contributed by atoms with Crippen LogP contribution in [0.5, 0.6) is 0 Å². The van der Waals surface area contributed by atoms with E-state index in [0.717, 1.165) is 5.69 Å². The zero-order chi connectivity index (χ0) is 11.5. The van der Waals surface area contributed by atoms with Crippen LogP contribution in [0.4, 0.5) is 11.4 Å². The molecule has 0 saturated heterocycles. The van der Waals surface area contributed by atoms with Crippen molar-refractivity contribution in [3.8, 4) is 6.07 Å². The van der Waals surface area contributed by atoms with Crippen LogP contribution in [0.25, 0.3) is 0 Å². The number of hydrogen-bond acceptors (Lipinski definition) is 4. The summed E-state index contributed by atoms with van der Waals surface area (Å²) in [6.07, 6.45) is 0. The molecule has 15 heavy (non-hydrogen) atoms. The quantitative estimate of drug-likeness (QED) is 0.650. The summed E-state index contributed by atoms with van der Waals surface area (Å²) in [5.74, 6) is 0. The Morgan fingerprint density at radius 2 is 2.20 bits per heavy atom. The Morgan fingerprint density at radius 3 is 2.73 bits per heavy atom. The van der Waals surface area contributed by atoms with E-state index in [1.165, 1.54) is 0 Å². The molecule has 1 aromatic rings. The molecular weight excluding hydrogens is 190 g/mol. The van der Waals surface area contributed by atoms with Crippen LogP contribution in [0.3, 0.4) is 0 Å². The predicted molar refractivity (Wildman–Crippen MR) is 60.4 cm³/mol. The Labute approximate surface area is 89.3 Å². The summed E-state index contributed by atoms with van der Waals surface area (Å²) in [7, 11) is 0. The number of nitrogens with one attached hydrogen (secondary N) is 1. The standard InChI is InChI=1S/C11H15N3O/c1-11(2,7-15)14-9-3-4-10(13)8(5-9)6-12/h3-5,14-15H,7,13H2,1-2H3. The van der Waals surface area contributed by atoms with Gasteiger partial charge in [0.15, 0.2) is 0 Å². The maximum absolute atomic E-state index is 9.08. The fraction of sp³-hybridized carbons (Fsp3) is 0.364. The number of anilines is 2. The molecule has 0 amide bonds. The maximum Gasteiger partial charge on any atom is 0.101 e. The summed E-state index contributed by atoms with van der Waals surface area (Å²) in [6.45, 7) is 3.75. The maximum atomic E-state index is 9.08. The summed E-state index contributed by atoms with van der Waals surface area (Å²) in [4.78, 5) is 0. The molecule has 0 unspecified atom stereocenters. The van der Waals surface area contributed by atoms with Crippen LogP contribution >= 0.6 is 0 Å². The van der Waals surface area contributed by atoms with Gasteiger partial charge < -0.3 is 16.2 Å². The average molecular weight is 205 g/mol. The van der Waals surface area contributed by atoms with E-state index < -0.39 is 5.54 Å². The SMILES string of the molecule is CC(C)(CO)Nc1ccc(N)c(C#N)c1. The molecule has 0 atom stereocenters. The van der Waals surface area contributed by atoms with Gasteiger partial charge in [0, 0.05) is 11.4 Å². The van der Waals surface area contributed by atoms with E-state index in [1.807, 2.05) is 19.9 Å². The van der Waals surface area contributed by atoms with Crippen molar-refractivity contribution in [2.24, 2.45) is 0 Å². The third kappa shape index (κ3) is 2.86.